The van der Waals surface area contributed by atoms with Gasteiger partial charge < -0.3 is 18.8 Å². The fourth-order valence-electron chi connectivity index (χ4n) is 3.27. The van der Waals surface area contributed by atoms with E-state index >= 15 is 0 Å². The summed E-state index contributed by atoms with van der Waals surface area (Å²) in [6.45, 7) is 5.57. The molecule has 2 fully saturated rings. The van der Waals surface area contributed by atoms with Crippen LogP contribution in [0.3, 0.4) is 0 Å². The smallest absolute Gasteiger partial charge is 0.248 e. The number of morpholine rings is 1. The molecule has 128 valence electrons. The van der Waals surface area contributed by atoms with Crippen molar-refractivity contribution in [1.29, 1.82) is 0 Å². The van der Waals surface area contributed by atoms with Crippen LogP contribution < -0.4 is 0 Å². The summed E-state index contributed by atoms with van der Waals surface area (Å²) in [5, 5.41) is 7.79. The molecular formula is C16H25N3O4. The van der Waals surface area contributed by atoms with E-state index < -0.39 is 0 Å². The van der Waals surface area contributed by atoms with Crippen molar-refractivity contribution < 1.29 is 18.7 Å². The van der Waals surface area contributed by atoms with Gasteiger partial charge in [0.25, 0.3) is 0 Å². The summed E-state index contributed by atoms with van der Waals surface area (Å²) in [7, 11) is 0. The van der Waals surface area contributed by atoms with E-state index in [2.05, 4.69) is 17.1 Å². The molecule has 1 saturated carbocycles. The number of aromatic nitrogens is 2. The van der Waals surface area contributed by atoms with Crippen molar-refractivity contribution in [2.45, 2.75) is 51.7 Å². The Bertz CT molecular complexity index is 533. The Morgan fingerprint density at radius 2 is 2.17 bits per heavy atom. The Morgan fingerprint density at radius 3 is 2.91 bits per heavy atom. The fourth-order valence-corrected chi connectivity index (χ4v) is 3.27. The molecule has 7 nitrogen and oxygen atoms in total. The summed E-state index contributed by atoms with van der Waals surface area (Å²) in [5.41, 5.74) is 0. The van der Waals surface area contributed by atoms with Crippen molar-refractivity contribution in [3.8, 4) is 0 Å². The molecule has 0 aromatic carbocycles. The zero-order chi connectivity index (χ0) is 16.2. The van der Waals surface area contributed by atoms with Crippen LogP contribution in [-0.2, 0) is 14.3 Å². The molecule has 3 unspecified atom stereocenters. The van der Waals surface area contributed by atoms with Crippen LogP contribution in [0.25, 0.3) is 0 Å². The van der Waals surface area contributed by atoms with Gasteiger partial charge in [-0.15, -0.1) is 10.2 Å². The summed E-state index contributed by atoms with van der Waals surface area (Å²) < 4.78 is 16.9. The summed E-state index contributed by atoms with van der Waals surface area (Å²) in [6, 6.07) is 0. The number of aryl methyl sites for hydroxylation is 1. The highest BCUT2D eigenvalue weighted by Gasteiger charge is 2.30. The second kappa shape index (κ2) is 7.40. The number of ether oxygens (including phenoxy) is 2. The van der Waals surface area contributed by atoms with Crippen molar-refractivity contribution in [3.05, 3.63) is 11.8 Å². The van der Waals surface area contributed by atoms with Crippen molar-refractivity contribution in [1.82, 2.24) is 15.1 Å². The van der Waals surface area contributed by atoms with E-state index in [1.807, 2.05) is 0 Å². The average Bonchev–Trinajstić information content (AvgIpc) is 3.00. The minimum absolute atomic E-state index is 0.00677. The van der Waals surface area contributed by atoms with Crippen LogP contribution in [0.4, 0.5) is 0 Å². The van der Waals surface area contributed by atoms with Gasteiger partial charge >= 0.3 is 0 Å². The molecule has 7 heteroatoms. The van der Waals surface area contributed by atoms with Gasteiger partial charge in [0.1, 0.15) is 6.61 Å². The molecule has 1 aliphatic heterocycles. The largest absolute Gasteiger partial charge is 0.423 e. The molecule has 2 aliphatic rings. The number of hydrogen-bond acceptors (Lipinski definition) is 6. The monoisotopic (exact) mass is 323 g/mol. The summed E-state index contributed by atoms with van der Waals surface area (Å²) in [6.07, 6.45) is 4.57. The van der Waals surface area contributed by atoms with Crippen LogP contribution in [0.2, 0.25) is 0 Å². The van der Waals surface area contributed by atoms with Crippen LogP contribution >= 0.6 is 0 Å². The number of amides is 1. The number of nitrogens with zero attached hydrogens (tertiary/aromatic N) is 3. The van der Waals surface area contributed by atoms with Crippen molar-refractivity contribution in [3.63, 3.8) is 0 Å². The van der Waals surface area contributed by atoms with Crippen LogP contribution in [0.5, 0.6) is 0 Å². The Balaban J connectivity index is 1.50. The van der Waals surface area contributed by atoms with Crippen LogP contribution in [0.15, 0.2) is 4.42 Å². The zero-order valence-electron chi connectivity index (χ0n) is 13.9. The Labute approximate surface area is 136 Å². The van der Waals surface area contributed by atoms with Crippen LogP contribution in [0.1, 0.15) is 50.5 Å². The number of rotatable bonds is 4. The predicted molar refractivity (Wildman–Crippen MR) is 81.7 cm³/mol. The predicted octanol–water partition coefficient (Wildman–Crippen LogP) is 1.87. The highest BCUT2D eigenvalue weighted by Crippen LogP contribution is 2.26. The molecule has 3 rings (SSSR count). The lowest BCUT2D eigenvalue weighted by Gasteiger charge is -2.33. The number of carbonyl (C=O) groups excluding carboxylic acids is 1. The SMILES string of the molecule is Cc1nnc(C2CN(C(=O)COC3CCCCC3C)CCO2)o1. The first kappa shape index (κ1) is 16.4. The zero-order valence-corrected chi connectivity index (χ0v) is 13.9. The molecule has 0 spiro atoms. The first-order valence-electron chi connectivity index (χ1n) is 8.44. The average molecular weight is 323 g/mol. The molecule has 1 aromatic heterocycles. The van der Waals surface area contributed by atoms with E-state index in [0.717, 1.165) is 6.42 Å². The van der Waals surface area contributed by atoms with E-state index in [9.17, 15) is 4.79 Å². The van der Waals surface area contributed by atoms with E-state index in [4.69, 9.17) is 13.9 Å². The van der Waals surface area contributed by atoms with Gasteiger partial charge in [-0.1, -0.05) is 19.8 Å². The molecule has 1 amide bonds. The highest BCUT2D eigenvalue weighted by molar-refractivity contribution is 5.77. The molecule has 3 atom stereocenters. The lowest BCUT2D eigenvalue weighted by molar-refractivity contribution is -0.148. The quantitative estimate of drug-likeness (QED) is 0.842. The van der Waals surface area contributed by atoms with Gasteiger partial charge in [-0.2, -0.15) is 0 Å². The van der Waals surface area contributed by atoms with Gasteiger partial charge in [-0.3, -0.25) is 4.79 Å². The van der Waals surface area contributed by atoms with Crippen molar-refractivity contribution in [2.75, 3.05) is 26.3 Å². The normalized spacial score (nSPS) is 28.8. The maximum Gasteiger partial charge on any atom is 0.248 e. The van der Waals surface area contributed by atoms with Crippen molar-refractivity contribution in [2.24, 2.45) is 5.92 Å². The van der Waals surface area contributed by atoms with Gasteiger partial charge in [-0.25, -0.2) is 0 Å². The molecular weight excluding hydrogens is 298 g/mol. The summed E-state index contributed by atoms with van der Waals surface area (Å²) in [5.74, 6) is 1.48. The molecule has 0 N–H and O–H groups in total. The Kier molecular flexibility index (Phi) is 5.27. The summed E-state index contributed by atoms with van der Waals surface area (Å²) >= 11 is 0. The minimum atomic E-state index is -0.345. The second-order valence-electron chi connectivity index (χ2n) is 6.47. The molecule has 23 heavy (non-hydrogen) atoms. The van der Waals surface area contributed by atoms with Gasteiger partial charge in [0.05, 0.1) is 19.3 Å². The van der Waals surface area contributed by atoms with Gasteiger partial charge in [0.15, 0.2) is 6.10 Å². The summed E-state index contributed by atoms with van der Waals surface area (Å²) in [4.78, 5) is 14.2. The molecule has 1 aliphatic carbocycles. The Morgan fingerprint density at radius 1 is 1.35 bits per heavy atom. The van der Waals surface area contributed by atoms with E-state index in [1.165, 1.54) is 19.3 Å². The third kappa shape index (κ3) is 4.09. The van der Waals surface area contributed by atoms with Gasteiger partial charge in [-0.05, 0) is 18.8 Å². The van der Waals surface area contributed by atoms with Crippen molar-refractivity contribution >= 4 is 5.91 Å². The lowest BCUT2D eigenvalue weighted by Crippen LogP contribution is -2.44. The fraction of sp³-hybridized carbons (Fsp3) is 0.812. The van der Waals surface area contributed by atoms with Crippen LogP contribution in [0, 0.1) is 12.8 Å². The molecule has 2 heterocycles. The molecule has 0 bridgehead atoms. The maximum atomic E-state index is 12.4. The third-order valence-electron chi connectivity index (χ3n) is 4.69. The highest BCUT2D eigenvalue weighted by atomic mass is 16.5. The van der Waals surface area contributed by atoms with E-state index in [-0.39, 0.29) is 24.7 Å². The first-order valence-corrected chi connectivity index (χ1v) is 8.44. The van der Waals surface area contributed by atoms with Crippen LogP contribution in [-0.4, -0.2) is 53.4 Å². The number of hydrogen-bond donors (Lipinski definition) is 0. The molecule has 1 aromatic rings. The Hall–Kier alpha value is -1.47. The van der Waals surface area contributed by atoms with E-state index in [1.54, 1.807) is 11.8 Å². The maximum absolute atomic E-state index is 12.4. The minimum Gasteiger partial charge on any atom is -0.423 e. The second-order valence-corrected chi connectivity index (χ2v) is 6.47. The lowest BCUT2D eigenvalue weighted by atomic mass is 9.88. The molecule has 1 saturated heterocycles. The topological polar surface area (TPSA) is 77.7 Å². The number of carbonyl (C=O) groups is 1. The standard InChI is InChI=1S/C16H25N3O4/c1-11-5-3-4-6-13(11)22-10-15(20)19-7-8-21-14(9-19)16-18-17-12(2)23-16/h11,13-14H,3-10H2,1-2H3. The van der Waals surface area contributed by atoms with E-state index in [0.29, 0.717) is 37.4 Å². The van der Waals surface area contributed by atoms with Gasteiger partial charge in [0, 0.05) is 13.5 Å². The first-order chi connectivity index (χ1) is 11.1. The van der Waals surface area contributed by atoms with Gasteiger partial charge in [0.2, 0.25) is 17.7 Å². The third-order valence-corrected chi connectivity index (χ3v) is 4.69. The molecule has 0 radical (unpaired) electrons.